The highest BCUT2D eigenvalue weighted by atomic mass is 16.5. The number of hydrogen-bond acceptors (Lipinski definition) is 2. The van der Waals surface area contributed by atoms with Crippen molar-refractivity contribution in [2.45, 2.75) is 25.3 Å². The van der Waals surface area contributed by atoms with Crippen LogP contribution in [0.5, 0.6) is 5.75 Å². The molecule has 106 valence electrons. The van der Waals surface area contributed by atoms with Crippen molar-refractivity contribution in [3.05, 3.63) is 65.7 Å². The van der Waals surface area contributed by atoms with E-state index in [0.717, 1.165) is 25.0 Å². The number of benzene rings is 2. The van der Waals surface area contributed by atoms with Gasteiger partial charge in [-0.2, -0.15) is 0 Å². The van der Waals surface area contributed by atoms with Crippen molar-refractivity contribution < 1.29 is 4.74 Å². The van der Waals surface area contributed by atoms with Crippen LogP contribution in [-0.2, 0) is 6.42 Å². The molecule has 0 fully saturated rings. The molecule has 2 aromatic rings. The SMILES string of the molecule is CNC(CCCc1ccccc1OC)c1ccccc1. The summed E-state index contributed by atoms with van der Waals surface area (Å²) in [4.78, 5) is 0. The molecule has 1 unspecified atom stereocenters. The van der Waals surface area contributed by atoms with Crippen LogP contribution in [0.25, 0.3) is 0 Å². The van der Waals surface area contributed by atoms with E-state index in [2.05, 4.69) is 47.8 Å². The summed E-state index contributed by atoms with van der Waals surface area (Å²) in [5.74, 6) is 0.994. The Morgan fingerprint density at radius 3 is 2.40 bits per heavy atom. The fourth-order valence-corrected chi connectivity index (χ4v) is 2.57. The molecule has 0 radical (unpaired) electrons. The summed E-state index contributed by atoms with van der Waals surface area (Å²) >= 11 is 0. The zero-order chi connectivity index (χ0) is 14.2. The van der Waals surface area contributed by atoms with Gasteiger partial charge in [0.15, 0.2) is 0 Å². The van der Waals surface area contributed by atoms with Crippen molar-refractivity contribution in [1.82, 2.24) is 5.32 Å². The standard InChI is InChI=1S/C18H23NO/c1-19-17(15-9-4-3-5-10-15)13-8-12-16-11-6-7-14-18(16)20-2/h3-7,9-11,14,17,19H,8,12-13H2,1-2H3. The largest absolute Gasteiger partial charge is 0.496 e. The lowest BCUT2D eigenvalue weighted by Gasteiger charge is -2.17. The topological polar surface area (TPSA) is 21.3 Å². The van der Waals surface area contributed by atoms with Crippen LogP contribution in [0.15, 0.2) is 54.6 Å². The fourth-order valence-electron chi connectivity index (χ4n) is 2.57. The van der Waals surface area contributed by atoms with Crippen molar-refractivity contribution in [1.29, 1.82) is 0 Å². The van der Waals surface area contributed by atoms with Gasteiger partial charge in [0.25, 0.3) is 0 Å². The number of para-hydroxylation sites is 1. The first kappa shape index (κ1) is 14.6. The molecule has 1 atom stereocenters. The van der Waals surface area contributed by atoms with E-state index in [1.54, 1.807) is 7.11 Å². The number of rotatable bonds is 7. The lowest BCUT2D eigenvalue weighted by molar-refractivity contribution is 0.408. The van der Waals surface area contributed by atoms with Crippen LogP contribution in [0.4, 0.5) is 0 Å². The Kier molecular flexibility index (Phi) is 5.63. The number of aryl methyl sites for hydroxylation is 1. The van der Waals surface area contributed by atoms with Gasteiger partial charge in [0.1, 0.15) is 5.75 Å². The first-order valence-electron chi connectivity index (χ1n) is 7.19. The lowest BCUT2D eigenvalue weighted by atomic mass is 9.99. The highest BCUT2D eigenvalue weighted by Crippen LogP contribution is 2.23. The third-order valence-corrected chi connectivity index (χ3v) is 3.68. The Labute approximate surface area is 121 Å². The van der Waals surface area contributed by atoms with E-state index in [1.165, 1.54) is 11.1 Å². The fraction of sp³-hybridized carbons (Fsp3) is 0.333. The molecule has 2 heteroatoms. The molecule has 2 nitrogen and oxygen atoms in total. The predicted octanol–water partition coefficient (Wildman–Crippen LogP) is 3.98. The molecule has 0 spiro atoms. The second-order valence-corrected chi connectivity index (χ2v) is 4.96. The van der Waals surface area contributed by atoms with Crippen LogP contribution in [0.1, 0.15) is 30.0 Å². The number of nitrogens with one attached hydrogen (secondary N) is 1. The summed E-state index contributed by atoms with van der Waals surface area (Å²) in [6.45, 7) is 0. The van der Waals surface area contributed by atoms with Crippen molar-refractivity contribution in [2.75, 3.05) is 14.2 Å². The van der Waals surface area contributed by atoms with Crippen LogP contribution in [0.2, 0.25) is 0 Å². The molecular formula is C18H23NO. The Balaban J connectivity index is 1.91. The quantitative estimate of drug-likeness (QED) is 0.821. The maximum atomic E-state index is 5.40. The summed E-state index contributed by atoms with van der Waals surface area (Å²) < 4.78 is 5.40. The molecule has 0 heterocycles. The average Bonchev–Trinajstić information content (AvgIpc) is 2.53. The molecule has 0 aliphatic rings. The van der Waals surface area contributed by atoms with Gasteiger partial charge in [0.2, 0.25) is 0 Å². The summed E-state index contributed by atoms with van der Waals surface area (Å²) in [7, 11) is 3.76. The van der Waals surface area contributed by atoms with Crippen LogP contribution < -0.4 is 10.1 Å². The van der Waals surface area contributed by atoms with Crippen molar-refractivity contribution >= 4 is 0 Å². The molecule has 0 aliphatic carbocycles. The molecule has 1 N–H and O–H groups in total. The maximum absolute atomic E-state index is 5.40. The third kappa shape index (κ3) is 3.84. The number of hydrogen-bond donors (Lipinski definition) is 1. The Morgan fingerprint density at radius 1 is 1.00 bits per heavy atom. The van der Waals surface area contributed by atoms with E-state index >= 15 is 0 Å². The normalized spacial score (nSPS) is 12.1. The van der Waals surface area contributed by atoms with Gasteiger partial charge >= 0.3 is 0 Å². The van der Waals surface area contributed by atoms with Crippen LogP contribution in [-0.4, -0.2) is 14.2 Å². The zero-order valence-corrected chi connectivity index (χ0v) is 12.3. The highest BCUT2D eigenvalue weighted by Gasteiger charge is 2.09. The minimum atomic E-state index is 0.422. The van der Waals surface area contributed by atoms with E-state index in [4.69, 9.17) is 4.74 Å². The third-order valence-electron chi connectivity index (χ3n) is 3.68. The van der Waals surface area contributed by atoms with Gasteiger partial charge in [0.05, 0.1) is 7.11 Å². The Morgan fingerprint density at radius 2 is 1.70 bits per heavy atom. The molecule has 0 aliphatic heterocycles. The Bertz CT molecular complexity index is 510. The maximum Gasteiger partial charge on any atom is 0.122 e. The molecular weight excluding hydrogens is 246 g/mol. The van der Waals surface area contributed by atoms with Crippen molar-refractivity contribution in [3.63, 3.8) is 0 Å². The molecule has 20 heavy (non-hydrogen) atoms. The van der Waals surface area contributed by atoms with Crippen LogP contribution in [0, 0.1) is 0 Å². The highest BCUT2D eigenvalue weighted by molar-refractivity contribution is 5.33. The average molecular weight is 269 g/mol. The monoisotopic (exact) mass is 269 g/mol. The van der Waals surface area contributed by atoms with Gasteiger partial charge in [0, 0.05) is 6.04 Å². The van der Waals surface area contributed by atoms with Crippen molar-refractivity contribution in [3.8, 4) is 5.75 Å². The van der Waals surface area contributed by atoms with E-state index in [1.807, 2.05) is 19.2 Å². The summed E-state index contributed by atoms with van der Waals surface area (Å²) in [5.41, 5.74) is 2.65. The van der Waals surface area contributed by atoms with Gasteiger partial charge in [-0.1, -0.05) is 48.5 Å². The second-order valence-electron chi connectivity index (χ2n) is 4.96. The van der Waals surface area contributed by atoms with Gasteiger partial charge in [-0.05, 0) is 43.5 Å². The van der Waals surface area contributed by atoms with E-state index in [-0.39, 0.29) is 0 Å². The second kappa shape index (κ2) is 7.71. The molecule has 0 saturated heterocycles. The van der Waals surface area contributed by atoms with Crippen LogP contribution >= 0.6 is 0 Å². The molecule has 2 rings (SSSR count). The van der Waals surface area contributed by atoms with E-state index < -0.39 is 0 Å². The van der Waals surface area contributed by atoms with E-state index in [9.17, 15) is 0 Å². The van der Waals surface area contributed by atoms with Crippen molar-refractivity contribution in [2.24, 2.45) is 0 Å². The first-order valence-corrected chi connectivity index (χ1v) is 7.19. The molecule has 0 aromatic heterocycles. The van der Waals surface area contributed by atoms with E-state index in [0.29, 0.717) is 6.04 Å². The number of ether oxygens (including phenoxy) is 1. The minimum absolute atomic E-state index is 0.422. The zero-order valence-electron chi connectivity index (χ0n) is 12.3. The molecule has 0 bridgehead atoms. The van der Waals surface area contributed by atoms with Gasteiger partial charge < -0.3 is 10.1 Å². The summed E-state index contributed by atoms with van der Waals surface area (Å²) in [6.07, 6.45) is 3.31. The predicted molar refractivity (Wildman–Crippen MR) is 84.2 cm³/mol. The van der Waals surface area contributed by atoms with Crippen LogP contribution in [0.3, 0.4) is 0 Å². The van der Waals surface area contributed by atoms with Gasteiger partial charge in [-0.25, -0.2) is 0 Å². The Hall–Kier alpha value is -1.80. The molecule has 0 amide bonds. The molecule has 0 saturated carbocycles. The van der Waals surface area contributed by atoms with Gasteiger partial charge in [-0.15, -0.1) is 0 Å². The first-order chi connectivity index (χ1) is 9.85. The summed E-state index contributed by atoms with van der Waals surface area (Å²) in [5, 5.41) is 3.40. The molecule has 2 aromatic carbocycles. The number of methoxy groups -OCH3 is 1. The smallest absolute Gasteiger partial charge is 0.122 e. The van der Waals surface area contributed by atoms with Gasteiger partial charge in [-0.3, -0.25) is 0 Å². The lowest BCUT2D eigenvalue weighted by Crippen LogP contribution is -2.16. The minimum Gasteiger partial charge on any atom is -0.496 e. The summed E-state index contributed by atoms with van der Waals surface area (Å²) in [6, 6.07) is 19.3.